The van der Waals surface area contributed by atoms with Crippen molar-refractivity contribution in [2.24, 2.45) is 0 Å². The lowest BCUT2D eigenvalue weighted by molar-refractivity contribution is 0.341. The Morgan fingerprint density at radius 2 is 1.30 bits per heavy atom. The Hall–Kier alpha value is -1.50. The fraction of sp³-hybridized carbons (Fsp3) is 0.556. The molecule has 0 radical (unpaired) electrons. The third-order valence-corrected chi connectivity index (χ3v) is 15.7. The average Bonchev–Trinajstić information content (AvgIpc) is 3.11. The van der Waals surface area contributed by atoms with E-state index in [-0.39, 0.29) is 10.7 Å². The number of hydrogen-bond donors (Lipinski definition) is 0. The van der Waals surface area contributed by atoms with E-state index in [0.717, 1.165) is 33.7 Å². The van der Waals surface area contributed by atoms with Crippen LogP contribution < -0.4 is 19.5 Å². The van der Waals surface area contributed by atoms with Crippen LogP contribution in [0.15, 0.2) is 36.4 Å². The van der Waals surface area contributed by atoms with Crippen LogP contribution in [0, 0.1) is 0 Å². The van der Waals surface area contributed by atoms with Gasteiger partial charge in [-0.25, -0.2) is 0 Å². The summed E-state index contributed by atoms with van der Waals surface area (Å²) in [7, 11) is -0.470. The molecular formula is C27H40O4P2. The molecule has 1 aliphatic heterocycles. The molecule has 0 bridgehead atoms. The minimum atomic E-state index is -2.87. The van der Waals surface area contributed by atoms with Gasteiger partial charge in [-0.15, -0.1) is 0 Å². The second-order valence-electron chi connectivity index (χ2n) is 11.7. The number of fused-ring (bicyclic) bond motifs is 1. The maximum Gasteiger partial charge on any atom is 0.174 e. The minimum absolute atomic E-state index is 0.122. The Labute approximate surface area is 201 Å². The lowest BCUT2D eigenvalue weighted by Crippen LogP contribution is -2.38. The molecule has 0 aliphatic carbocycles. The van der Waals surface area contributed by atoms with Gasteiger partial charge in [-0.3, -0.25) is 0 Å². The largest absolute Gasteiger partial charge is 0.496 e. The van der Waals surface area contributed by atoms with Crippen molar-refractivity contribution in [1.82, 2.24) is 0 Å². The molecule has 1 heterocycles. The molecule has 2 atom stereocenters. The fourth-order valence-electron chi connectivity index (χ4n) is 5.03. The van der Waals surface area contributed by atoms with Gasteiger partial charge in [0.05, 0.1) is 19.8 Å². The Bertz CT molecular complexity index is 1030. The van der Waals surface area contributed by atoms with E-state index in [1.54, 1.807) is 14.2 Å². The fourth-order valence-corrected chi connectivity index (χ4v) is 16.0. The molecule has 33 heavy (non-hydrogen) atoms. The second kappa shape index (κ2) is 8.62. The number of benzene rings is 2. The molecule has 0 saturated heterocycles. The third-order valence-electron chi connectivity index (χ3n) is 6.42. The molecule has 1 unspecified atom stereocenters. The first-order valence-corrected chi connectivity index (χ1v) is 14.7. The molecule has 4 nitrogen and oxygen atoms in total. The first kappa shape index (κ1) is 26.1. The van der Waals surface area contributed by atoms with E-state index in [1.807, 2.05) is 30.3 Å². The van der Waals surface area contributed by atoms with Gasteiger partial charge < -0.3 is 18.8 Å². The molecule has 0 spiro atoms. The van der Waals surface area contributed by atoms with Crippen LogP contribution in [0.3, 0.4) is 0 Å². The molecule has 0 N–H and O–H groups in total. The van der Waals surface area contributed by atoms with Gasteiger partial charge in [0.25, 0.3) is 0 Å². The van der Waals surface area contributed by atoms with Crippen molar-refractivity contribution in [3.8, 4) is 28.4 Å². The van der Waals surface area contributed by atoms with Crippen molar-refractivity contribution in [2.75, 3.05) is 14.2 Å². The van der Waals surface area contributed by atoms with Crippen molar-refractivity contribution in [3.05, 3.63) is 36.4 Å². The summed E-state index contributed by atoms with van der Waals surface area (Å²) in [5.74, 6) is 2.34. The maximum absolute atomic E-state index is 15.1. The third kappa shape index (κ3) is 4.23. The van der Waals surface area contributed by atoms with E-state index < -0.39 is 25.4 Å². The van der Waals surface area contributed by atoms with Crippen LogP contribution in [-0.4, -0.2) is 35.3 Å². The van der Waals surface area contributed by atoms with Gasteiger partial charge in [-0.05, 0) is 31.3 Å². The monoisotopic (exact) mass is 490 g/mol. The standard InChI is InChI=1S/C27H40O4P2/c1-25(2,3)32-23-18(22-19(29-10)15-13-16-20(22)30-11)14-12-17-21(23)31-24(32)33(28,26(4,5)6)27(7,8)9/h12-17,24H,1-11H3/t24?,32-/m0/s1. The van der Waals surface area contributed by atoms with Crippen molar-refractivity contribution >= 4 is 20.4 Å². The van der Waals surface area contributed by atoms with E-state index in [4.69, 9.17) is 14.2 Å². The van der Waals surface area contributed by atoms with Crippen LogP contribution in [0.2, 0.25) is 0 Å². The van der Waals surface area contributed by atoms with Crippen molar-refractivity contribution in [2.45, 2.75) is 83.4 Å². The molecule has 2 aromatic rings. The van der Waals surface area contributed by atoms with Gasteiger partial charge in [0.1, 0.15) is 24.4 Å². The SMILES string of the molecule is COc1cccc(OC)c1-c1cccc2c1[P@](C(C)(C)C)C(P(=O)(C(C)(C)C)C(C)(C)C)O2. The molecule has 0 fully saturated rings. The Kier molecular flexibility index (Phi) is 6.82. The molecule has 0 aromatic heterocycles. The zero-order valence-corrected chi connectivity index (χ0v) is 23.9. The van der Waals surface area contributed by atoms with E-state index >= 15 is 4.57 Å². The minimum Gasteiger partial charge on any atom is -0.496 e. The molecule has 0 amide bonds. The molecule has 6 heteroatoms. The summed E-state index contributed by atoms with van der Waals surface area (Å²) >= 11 is 0. The second-order valence-corrected chi connectivity index (χ2v) is 19.5. The van der Waals surface area contributed by atoms with Gasteiger partial charge in [-0.2, -0.15) is 0 Å². The van der Waals surface area contributed by atoms with Crippen molar-refractivity contribution < 1.29 is 18.8 Å². The molecule has 182 valence electrons. The van der Waals surface area contributed by atoms with Gasteiger partial charge in [0, 0.05) is 21.2 Å². The van der Waals surface area contributed by atoms with Crippen molar-refractivity contribution in [3.63, 3.8) is 0 Å². The first-order chi connectivity index (χ1) is 15.1. The number of hydrogen-bond acceptors (Lipinski definition) is 4. The van der Waals surface area contributed by atoms with Crippen LogP contribution in [0.25, 0.3) is 11.1 Å². The summed E-state index contributed by atoms with van der Waals surface area (Å²) in [5, 5.41) is 0.238. The molecule has 2 aromatic carbocycles. The topological polar surface area (TPSA) is 44.8 Å². The maximum atomic E-state index is 15.1. The highest BCUT2D eigenvalue weighted by molar-refractivity contribution is 7.84. The highest BCUT2D eigenvalue weighted by atomic mass is 31.2. The normalized spacial score (nSPS) is 19.1. The highest BCUT2D eigenvalue weighted by Gasteiger charge is 2.60. The smallest absolute Gasteiger partial charge is 0.174 e. The quantitative estimate of drug-likeness (QED) is 0.409. The van der Waals surface area contributed by atoms with Crippen LogP contribution in [0.1, 0.15) is 62.3 Å². The molecule has 0 saturated carbocycles. The van der Waals surface area contributed by atoms with Gasteiger partial charge in [0.2, 0.25) is 0 Å². The molecule has 3 rings (SSSR count). The number of rotatable bonds is 4. The lowest BCUT2D eigenvalue weighted by Gasteiger charge is -2.47. The van der Waals surface area contributed by atoms with Crippen molar-refractivity contribution in [1.29, 1.82) is 0 Å². The average molecular weight is 491 g/mol. The zero-order chi connectivity index (χ0) is 25.0. The van der Waals surface area contributed by atoms with Crippen LogP contribution >= 0.6 is 15.1 Å². The molecular weight excluding hydrogens is 450 g/mol. The Morgan fingerprint density at radius 1 is 0.818 bits per heavy atom. The summed E-state index contributed by atoms with van der Waals surface area (Å²) < 4.78 is 33.4. The summed E-state index contributed by atoms with van der Waals surface area (Å²) in [6.07, 6.45) is 0. The Balaban J connectivity index is 2.37. The van der Waals surface area contributed by atoms with Gasteiger partial charge >= 0.3 is 0 Å². The van der Waals surface area contributed by atoms with Gasteiger partial charge in [0.15, 0.2) is 5.59 Å². The number of methoxy groups -OCH3 is 2. The lowest BCUT2D eigenvalue weighted by atomic mass is 10.0. The van der Waals surface area contributed by atoms with E-state index in [0.29, 0.717) is 0 Å². The van der Waals surface area contributed by atoms with E-state index in [2.05, 4.69) is 68.4 Å². The van der Waals surface area contributed by atoms with Crippen LogP contribution in [0.4, 0.5) is 0 Å². The van der Waals surface area contributed by atoms with Crippen LogP contribution in [-0.2, 0) is 4.57 Å². The first-order valence-electron chi connectivity index (χ1n) is 11.5. The summed E-state index contributed by atoms with van der Waals surface area (Å²) in [5.41, 5.74) is 1.60. The summed E-state index contributed by atoms with van der Waals surface area (Å²) in [6.45, 7) is 19.4. The Morgan fingerprint density at radius 3 is 1.73 bits per heavy atom. The van der Waals surface area contributed by atoms with Gasteiger partial charge in [-0.1, -0.05) is 80.5 Å². The summed E-state index contributed by atoms with van der Waals surface area (Å²) in [6, 6.07) is 12.0. The number of ether oxygens (including phenoxy) is 3. The highest BCUT2D eigenvalue weighted by Crippen LogP contribution is 2.80. The van der Waals surface area contributed by atoms with E-state index in [1.165, 1.54) is 0 Å². The summed E-state index contributed by atoms with van der Waals surface area (Å²) in [4.78, 5) is 0. The predicted molar refractivity (Wildman–Crippen MR) is 143 cm³/mol. The van der Waals surface area contributed by atoms with Crippen LogP contribution in [0.5, 0.6) is 17.2 Å². The zero-order valence-electron chi connectivity index (χ0n) is 22.1. The molecule has 1 aliphatic rings. The van der Waals surface area contributed by atoms with E-state index in [9.17, 15) is 0 Å². The predicted octanol–water partition coefficient (Wildman–Crippen LogP) is 7.91.